The first-order chi connectivity index (χ1) is 9.83. The van der Waals surface area contributed by atoms with E-state index in [1.54, 1.807) is 12.4 Å². The second-order valence-electron chi connectivity index (χ2n) is 4.45. The van der Waals surface area contributed by atoms with E-state index in [4.69, 9.17) is 0 Å². The Bertz CT molecular complexity index is 696. The zero-order valence-electron chi connectivity index (χ0n) is 11.1. The lowest BCUT2D eigenvalue weighted by Gasteiger charge is -2.09. The number of aryl methyl sites for hydroxylation is 1. The van der Waals surface area contributed by atoms with Crippen LogP contribution in [-0.4, -0.2) is 15.0 Å². The smallest absolute Gasteiger partial charge is 0.161 e. The van der Waals surface area contributed by atoms with Gasteiger partial charge in [-0.25, -0.2) is 9.97 Å². The summed E-state index contributed by atoms with van der Waals surface area (Å²) in [7, 11) is 0. The summed E-state index contributed by atoms with van der Waals surface area (Å²) >= 11 is 0. The summed E-state index contributed by atoms with van der Waals surface area (Å²) in [6.45, 7) is 1.98. The molecule has 2 aromatic heterocycles. The molecule has 0 saturated carbocycles. The van der Waals surface area contributed by atoms with E-state index in [1.807, 2.05) is 55.6 Å². The van der Waals surface area contributed by atoms with Gasteiger partial charge in [0.25, 0.3) is 0 Å². The van der Waals surface area contributed by atoms with E-state index in [0.717, 1.165) is 22.6 Å². The number of benzene rings is 1. The molecule has 4 heteroatoms. The van der Waals surface area contributed by atoms with Crippen LogP contribution in [0.1, 0.15) is 5.56 Å². The minimum Gasteiger partial charge on any atom is -0.340 e. The minimum absolute atomic E-state index is 0.716. The van der Waals surface area contributed by atoms with E-state index in [-0.39, 0.29) is 0 Å². The molecule has 0 spiro atoms. The Kier molecular flexibility index (Phi) is 3.37. The highest BCUT2D eigenvalue weighted by Gasteiger charge is 2.06. The van der Waals surface area contributed by atoms with Crippen molar-refractivity contribution in [1.82, 2.24) is 15.0 Å². The van der Waals surface area contributed by atoms with Gasteiger partial charge >= 0.3 is 0 Å². The van der Waals surface area contributed by atoms with Crippen LogP contribution in [0.3, 0.4) is 0 Å². The molecule has 1 N–H and O–H groups in total. The van der Waals surface area contributed by atoms with Crippen molar-refractivity contribution in [3.8, 4) is 11.4 Å². The molecule has 4 nitrogen and oxygen atoms in total. The second kappa shape index (κ2) is 5.48. The number of rotatable bonds is 3. The third-order valence-corrected chi connectivity index (χ3v) is 2.95. The maximum Gasteiger partial charge on any atom is 0.161 e. The Labute approximate surface area is 117 Å². The van der Waals surface area contributed by atoms with Gasteiger partial charge < -0.3 is 5.32 Å². The highest BCUT2D eigenvalue weighted by Crippen LogP contribution is 2.21. The Morgan fingerprint density at radius 1 is 0.950 bits per heavy atom. The van der Waals surface area contributed by atoms with E-state index in [1.165, 1.54) is 0 Å². The van der Waals surface area contributed by atoms with Gasteiger partial charge in [0.1, 0.15) is 5.82 Å². The van der Waals surface area contributed by atoms with Crippen LogP contribution in [-0.2, 0) is 0 Å². The summed E-state index contributed by atoms with van der Waals surface area (Å²) in [5, 5.41) is 3.29. The van der Waals surface area contributed by atoms with Crippen LogP contribution in [0, 0.1) is 6.92 Å². The molecule has 3 aromatic rings. The average molecular weight is 262 g/mol. The number of nitrogens with zero attached hydrogens (tertiary/aromatic N) is 3. The fourth-order valence-corrected chi connectivity index (χ4v) is 1.87. The molecule has 0 unspecified atom stereocenters. The van der Waals surface area contributed by atoms with E-state index in [2.05, 4.69) is 20.3 Å². The van der Waals surface area contributed by atoms with Gasteiger partial charge in [-0.05, 0) is 19.1 Å². The molecule has 20 heavy (non-hydrogen) atoms. The first kappa shape index (κ1) is 12.3. The van der Waals surface area contributed by atoms with Crippen LogP contribution in [0.15, 0.2) is 61.1 Å². The second-order valence-corrected chi connectivity index (χ2v) is 4.45. The number of nitrogens with one attached hydrogen (secondary N) is 1. The van der Waals surface area contributed by atoms with Gasteiger partial charge in [-0.15, -0.1) is 0 Å². The van der Waals surface area contributed by atoms with Crippen LogP contribution < -0.4 is 5.32 Å². The molecule has 0 atom stereocenters. The van der Waals surface area contributed by atoms with Crippen LogP contribution in [0.25, 0.3) is 11.4 Å². The van der Waals surface area contributed by atoms with Crippen molar-refractivity contribution in [1.29, 1.82) is 0 Å². The molecule has 0 aliphatic heterocycles. The Morgan fingerprint density at radius 2 is 1.70 bits per heavy atom. The van der Waals surface area contributed by atoms with Crippen molar-refractivity contribution in [3.05, 3.63) is 66.6 Å². The highest BCUT2D eigenvalue weighted by atomic mass is 15.0. The van der Waals surface area contributed by atoms with Gasteiger partial charge in [0, 0.05) is 35.4 Å². The summed E-state index contributed by atoms with van der Waals surface area (Å²) in [4.78, 5) is 13.0. The molecule has 2 heterocycles. The van der Waals surface area contributed by atoms with E-state index < -0.39 is 0 Å². The maximum absolute atomic E-state index is 4.60. The van der Waals surface area contributed by atoms with Gasteiger partial charge in [-0.3, -0.25) is 4.98 Å². The molecule has 3 rings (SSSR count). The van der Waals surface area contributed by atoms with Gasteiger partial charge in [0.05, 0.1) is 0 Å². The lowest BCUT2D eigenvalue weighted by molar-refractivity contribution is 1.14. The lowest BCUT2D eigenvalue weighted by atomic mass is 10.2. The van der Waals surface area contributed by atoms with Crippen molar-refractivity contribution in [2.45, 2.75) is 6.92 Å². The molecular formula is C16H14N4. The standard InChI is InChI=1S/C16H14N4/c1-12-11-18-16(13-5-3-2-4-6-13)20-15(12)19-14-7-9-17-10-8-14/h2-11H,1H3,(H,17,18,19,20). The molecule has 98 valence electrons. The highest BCUT2D eigenvalue weighted by molar-refractivity contribution is 5.62. The summed E-state index contributed by atoms with van der Waals surface area (Å²) in [6, 6.07) is 13.8. The van der Waals surface area contributed by atoms with Gasteiger partial charge in [-0.1, -0.05) is 30.3 Å². The van der Waals surface area contributed by atoms with Crippen LogP contribution >= 0.6 is 0 Å². The first-order valence-electron chi connectivity index (χ1n) is 6.39. The third kappa shape index (κ3) is 2.64. The molecule has 0 amide bonds. The molecule has 1 aromatic carbocycles. The average Bonchev–Trinajstić information content (AvgIpc) is 2.51. The maximum atomic E-state index is 4.60. The predicted molar refractivity (Wildman–Crippen MR) is 79.7 cm³/mol. The van der Waals surface area contributed by atoms with Gasteiger partial charge in [-0.2, -0.15) is 0 Å². The van der Waals surface area contributed by atoms with Crippen molar-refractivity contribution in [2.24, 2.45) is 0 Å². The van der Waals surface area contributed by atoms with Gasteiger partial charge in [0.15, 0.2) is 5.82 Å². The fourth-order valence-electron chi connectivity index (χ4n) is 1.87. The van der Waals surface area contributed by atoms with Crippen molar-refractivity contribution >= 4 is 11.5 Å². The Morgan fingerprint density at radius 3 is 2.45 bits per heavy atom. The topological polar surface area (TPSA) is 50.7 Å². The van der Waals surface area contributed by atoms with Crippen LogP contribution in [0.5, 0.6) is 0 Å². The zero-order valence-corrected chi connectivity index (χ0v) is 11.1. The van der Waals surface area contributed by atoms with Crippen molar-refractivity contribution < 1.29 is 0 Å². The lowest BCUT2D eigenvalue weighted by Crippen LogP contribution is -2.00. The fraction of sp³-hybridized carbons (Fsp3) is 0.0625. The summed E-state index contributed by atoms with van der Waals surface area (Å²) in [6.07, 6.45) is 5.33. The van der Waals surface area contributed by atoms with E-state index >= 15 is 0 Å². The molecule has 0 bridgehead atoms. The van der Waals surface area contributed by atoms with Crippen molar-refractivity contribution in [3.63, 3.8) is 0 Å². The summed E-state index contributed by atoms with van der Waals surface area (Å²) in [5.41, 5.74) is 2.97. The number of anilines is 2. The Hall–Kier alpha value is -2.75. The quantitative estimate of drug-likeness (QED) is 0.783. The largest absolute Gasteiger partial charge is 0.340 e. The monoisotopic (exact) mass is 262 g/mol. The zero-order chi connectivity index (χ0) is 13.8. The van der Waals surface area contributed by atoms with E-state index in [0.29, 0.717) is 5.82 Å². The summed E-state index contributed by atoms with van der Waals surface area (Å²) < 4.78 is 0. The number of hydrogen-bond acceptors (Lipinski definition) is 4. The van der Waals surface area contributed by atoms with Gasteiger partial charge in [0.2, 0.25) is 0 Å². The number of hydrogen-bond donors (Lipinski definition) is 1. The minimum atomic E-state index is 0.716. The molecule has 0 fully saturated rings. The SMILES string of the molecule is Cc1cnc(-c2ccccc2)nc1Nc1ccncc1. The molecular weight excluding hydrogens is 248 g/mol. The predicted octanol–water partition coefficient (Wildman–Crippen LogP) is 3.59. The van der Waals surface area contributed by atoms with Crippen LogP contribution in [0.2, 0.25) is 0 Å². The summed E-state index contributed by atoms with van der Waals surface area (Å²) in [5.74, 6) is 1.53. The van der Waals surface area contributed by atoms with Crippen molar-refractivity contribution in [2.75, 3.05) is 5.32 Å². The first-order valence-corrected chi connectivity index (χ1v) is 6.39. The normalized spacial score (nSPS) is 10.2. The van der Waals surface area contributed by atoms with E-state index in [9.17, 15) is 0 Å². The third-order valence-electron chi connectivity index (χ3n) is 2.95. The molecule has 0 aliphatic carbocycles. The molecule has 0 saturated heterocycles. The number of aromatic nitrogens is 3. The van der Waals surface area contributed by atoms with Crippen LogP contribution in [0.4, 0.5) is 11.5 Å². The number of pyridine rings is 1. The molecule has 0 aliphatic rings. The molecule has 0 radical (unpaired) electrons. The Balaban J connectivity index is 1.95.